The van der Waals surface area contributed by atoms with Crippen molar-refractivity contribution in [3.8, 4) is 0 Å². The van der Waals surface area contributed by atoms with Gasteiger partial charge >= 0.3 is 0 Å². The molecule has 5 heteroatoms. The predicted molar refractivity (Wildman–Crippen MR) is 102 cm³/mol. The Morgan fingerprint density at radius 3 is 2.74 bits per heavy atom. The molecular weight excluding hydrogens is 341 g/mol. The highest BCUT2D eigenvalue weighted by Crippen LogP contribution is 2.33. The number of rotatable bonds is 6. The van der Waals surface area contributed by atoms with Crippen molar-refractivity contribution in [1.82, 2.24) is 15.2 Å². The van der Waals surface area contributed by atoms with Crippen LogP contribution < -0.4 is 5.32 Å². The van der Waals surface area contributed by atoms with Gasteiger partial charge in [-0.25, -0.2) is 4.39 Å². The average Bonchev–Trinajstić information content (AvgIpc) is 3.54. The maximum Gasteiger partial charge on any atom is 0.223 e. The normalized spacial score (nSPS) is 21.6. The van der Waals surface area contributed by atoms with Crippen LogP contribution in [-0.4, -0.2) is 28.9 Å². The van der Waals surface area contributed by atoms with Gasteiger partial charge in [-0.1, -0.05) is 24.3 Å². The topological polar surface area (TPSA) is 45.2 Å². The summed E-state index contributed by atoms with van der Waals surface area (Å²) in [6.07, 6.45) is 5.85. The van der Waals surface area contributed by atoms with Crippen molar-refractivity contribution in [3.63, 3.8) is 0 Å². The first-order chi connectivity index (χ1) is 13.2. The molecule has 1 aromatic heterocycles. The fraction of sp³-hybridized carbons (Fsp3) is 0.455. The number of likely N-dealkylation sites (tertiary alicyclic amines) is 1. The maximum absolute atomic E-state index is 14.0. The van der Waals surface area contributed by atoms with Crippen LogP contribution in [0.3, 0.4) is 0 Å². The van der Waals surface area contributed by atoms with E-state index in [2.05, 4.69) is 15.2 Å². The van der Waals surface area contributed by atoms with Crippen LogP contribution >= 0.6 is 0 Å². The molecule has 4 nitrogen and oxygen atoms in total. The number of carbonyl (C=O) groups is 1. The van der Waals surface area contributed by atoms with E-state index >= 15 is 0 Å². The molecule has 1 amide bonds. The molecule has 0 bridgehead atoms. The summed E-state index contributed by atoms with van der Waals surface area (Å²) >= 11 is 0. The smallest absolute Gasteiger partial charge is 0.223 e. The summed E-state index contributed by atoms with van der Waals surface area (Å²) < 4.78 is 14.0. The van der Waals surface area contributed by atoms with E-state index < -0.39 is 0 Å². The molecule has 0 spiro atoms. The third-order valence-electron chi connectivity index (χ3n) is 5.62. The van der Waals surface area contributed by atoms with E-state index in [1.807, 2.05) is 30.3 Å². The summed E-state index contributed by atoms with van der Waals surface area (Å²) in [5.74, 6) is 0.456. The molecule has 2 aliphatic rings. The highest BCUT2D eigenvalue weighted by Gasteiger charge is 2.35. The maximum atomic E-state index is 14.0. The first kappa shape index (κ1) is 18.1. The minimum atomic E-state index is -0.150. The fourth-order valence-corrected chi connectivity index (χ4v) is 3.98. The second kappa shape index (κ2) is 8.17. The number of nitrogens with one attached hydrogen (secondary N) is 1. The largest absolute Gasteiger partial charge is 0.347 e. The Hall–Kier alpha value is -2.27. The van der Waals surface area contributed by atoms with Crippen molar-refractivity contribution >= 4 is 5.91 Å². The minimum Gasteiger partial charge on any atom is -0.347 e. The third kappa shape index (κ3) is 4.53. The van der Waals surface area contributed by atoms with Gasteiger partial charge < -0.3 is 5.32 Å². The zero-order valence-electron chi connectivity index (χ0n) is 15.5. The second-order valence-corrected chi connectivity index (χ2v) is 7.74. The van der Waals surface area contributed by atoms with Crippen LogP contribution in [0.5, 0.6) is 0 Å². The number of hydrogen-bond donors (Lipinski definition) is 1. The molecule has 27 heavy (non-hydrogen) atoms. The summed E-state index contributed by atoms with van der Waals surface area (Å²) in [5.41, 5.74) is 1.65. The zero-order chi connectivity index (χ0) is 18.6. The lowest BCUT2D eigenvalue weighted by Gasteiger charge is -2.37. The molecule has 0 unspecified atom stereocenters. The summed E-state index contributed by atoms with van der Waals surface area (Å²) in [7, 11) is 0. The minimum absolute atomic E-state index is 0.0808. The van der Waals surface area contributed by atoms with Gasteiger partial charge in [0, 0.05) is 30.8 Å². The van der Waals surface area contributed by atoms with Crippen LogP contribution in [0.15, 0.2) is 48.7 Å². The summed E-state index contributed by atoms with van der Waals surface area (Å²) in [6.45, 7) is 2.39. The lowest BCUT2D eigenvalue weighted by atomic mass is 9.88. The number of carbonyl (C=O) groups excluding carboxylic acids is 1. The van der Waals surface area contributed by atoms with Crippen LogP contribution in [0.4, 0.5) is 4.39 Å². The standard InChI is InChI=1S/C22H26FN3O/c23-19-8-2-1-6-17(19)14-26-13-5-7-18(15-26)21(20-9-3-4-12-24-20)25-22(27)16-10-11-16/h1-4,6,8-9,12,16,18,21H,5,7,10-11,13-15H2,(H,25,27)/t18-,21-/m0/s1. The number of halogens is 1. The molecule has 2 atom stereocenters. The molecule has 1 aromatic carbocycles. The monoisotopic (exact) mass is 367 g/mol. The van der Waals surface area contributed by atoms with Crippen molar-refractivity contribution in [1.29, 1.82) is 0 Å². The molecule has 1 aliphatic carbocycles. The molecule has 1 N–H and O–H groups in total. The molecule has 4 rings (SSSR count). The average molecular weight is 367 g/mol. The Bertz CT molecular complexity index is 778. The van der Waals surface area contributed by atoms with E-state index in [0.717, 1.165) is 50.0 Å². The van der Waals surface area contributed by atoms with E-state index in [4.69, 9.17) is 0 Å². The molecule has 1 saturated heterocycles. The van der Waals surface area contributed by atoms with Gasteiger partial charge in [0.15, 0.2) is 0 Å². The van der Waals surface area contributed by atoms with E-state index in [1.165, 1.54) is 6.07 Å². The Labute approximate surface area is 159 Å². The summed E-state index contributed by atoms with van der Waals surface area (Å²) in [5, 5.41) is 3.26. The fourth-order valence-electron chi connectivity index (χ4n) is 3.98. The lowest BCUT2D eigenvalue weighted by molar-refractivity contribution is -0.123. The van der Waals surface area contributed by atoms with Gasteiger partial charge in [-0.2, -0.15) is 0 Å². The molecule has 2 aromatic rings. The predicted octanol–water partition coefficient (Wildman–Crippen LogP) is 3.70. The van der Waals surface area contributed by atoms with Crippen LogP contribution in [0, 0.1) is 17.7 Å². The van der Waals surface area contributed by atoms with E-state index in [0.29, 0.717) is 6.54 Å². The summed E-state index contributed by atoms with van der Waals surface area (Å²) in [4.78, 5) is 19.3. The molecular formula is C22H26FN3O. The van der Waals surface area contributed by atoms with Crippen LogP contribution in [0.1, 0.15) is 43.0 Å². The van der Waals surface area contributed by atoms with Crippen molar-refractivity contribution in [2.24, 2.45) is 11.8 Å². The highest BCUT2D eigenvalue weighted by molar-refractivity contribution is 5.81. The number of nitrogens with zero attached hydrogens (tertiary/aromatic N) is 2. The van der Waals surface area contributed by atoms with E-state index in [1.54, 1.807) is 12.3 Å². The van der Waals surface area contributed by atoms with Gasteiger partial charge in [0.1, 0.15) is 5.82 Å². The molecule has 0 radical (unpaired) electrons. The number of amides is 1. The van der Waals surface area contributed by atoms with E-state index in [9.17, 15) is 9.18 Å². The zero-order valence-corrected chi connectivity index (χ0v) is 15.5. The number of pyridine rings is 1. The SMILES string of the molecule is O=C(N[C@H](c1ccccn1)[C@H]1CCCN(Cc2ccccc2F)C1)C1CC1. The Morgan fingerprint density at radius 2 is 2.00 bits per heavy atom. The Kier molecular flexibility index (Phi) is 5.48. The molecule has 1 saturated carbocycles. The van der Waals surface area contributed by atoms with Gasteiger partial charge in [0.05, 0.1) is 11.7 Å². The van der Waals surface area contributed by atoms with Gasteiger partial charge in [-0.15, -0.1) is 0 Å². The number of hydrogen-bond acceptors (Lipinski definition) is 3. The number of benzene rings is 1. The molecule has 2 fully saturated rings. The van der Waals surface area contributed by atoms with Crippen molar-refractivity contribution in [2.45, 2.75) is 38.3 Å². The molecule has 2 heterocycles. The first-order valence-corrected chi connectivity index (χ1v) is 9.88. The van der Waals surface area contributed by atoms with Gasteiger partial charge in [-0.3, -0.25) is 14.7 Å². The van der Waals surface area contributed by atoms with Crippen molar-refractivity contribution in [2.75, 3.05) is 13.1 Å². The molecule has 142 valence electrons. The lowest BCUT2D eigenvalue weighted by Crippen LogP contribution is -2.43. The van der Waals surface area contributed by atoms with Gasteiger partial charge in [0.25, 0.3) is 0 Å². The van der Waals surface area contributed by atoms with Crippen LogP contribution in [0.2, 0.25) is 0 Å². The van der Waals surface area contributed by atoms with E-state index in [-0.39, 0.29) is 29.6 Å². The van der Waals surface area contributed by atoms with Crippen molar-refractivity contribution in [3.05, 3.63) is 65.7 Å². The Morgan fingerprint density at radius 1 is 1.19 bits per heavy atom. The van der Waals surface area contributed by atoms with Gasteiger partial charge in [-0.05, 0) is 56.3 Å². The summed E-state index contributed by atoms with van der Waals surface area (Å²) in [6, 6.07) is 12.8. The first-order valence-electron chi connectivity index (χ1n) is 9.88. The van der Waals surface area contributed by atoms with Gasteiger partial charge in [0.2, 0.25) is 5.91 Å². The van der Waals surface area contributed by atoms with Crippen LogP contribution in [-0.2, 0) is 11.3 Å². The highest BCUT2D eigenvalue weighted by atomic mass is 19.1. The quantitative estimate of drug-likeness (QED) is 0.847. The van der Waals surface area contributed by atoms with Crippen LogP contribution in [0.25, 0.3) is 0 Å². The van der Waals surface area contributed by atoms with Crippen molar-refractivity contribution < 1.29 is 9.18 Å². The molecule has 1 aliphatic heterocycles. The number of aromatic nitrogens is 1. The second-order valence-electron chi connectivity index (χ2n) is 7.74. The third-order valence-corrected chi connectivity index (χ3v) is 5.62. The Balaban J connectivity index is 1.49. The number of piperidine rings is 1.